The molecule has 3 nitrogen and oxygen atoms in total. The number of likely N-dealkylation sites (tertiary alicyclic amines) is 1. The van der Waals surface area contributed by atoms with E-state index in [0.717, 1.165) is 31.4 Å². The third-order valence-electron chi connectivity index (χ3n) is 3.98. The smallest absolute Gasteiger partial charge is 0.254 e. The normalized spacial score (nSPS) is 26.3. The first-order valence-corrected chi connectivity index (χ1v) is 6.64. The van der Waals surface area contributed by atoms with Gasteiger partial charge in [-0.05, 0) is 37.5 Å². The molecule has 1 aromatic carbocycles. The third-order valence-corrected chi connectivity index (χ3v) is 3.98. The summed E-state index contributed by atoms with van der Waals surface area (Å²) in [5, 5.41) is 3.48. The molecule has 102 valence electrons. The van der Waals surface area contributed by atoms with E-state index in [2.05, 4.69) is 5.32 Å². The first-order valence-electron chi connectivity index (χ1n) is 6.64. The number of fused-ring (bicyclic) bond motifs is 2. The zero-order valence-electron chi connectivity index (χ0n) is 10.5. The van der Waals surface area contributed by atoms with Gasteiger partial charge in [-0.1, -0.05) is 0 Å². The van der Waals surface area contributed by atoms with Crippen LogP contribution in [0.25, 0.3) is 0 Å². The lowest BCUT2D eigenvalue weighted by Crippen LogP contribution is -2.39. The van der Waals surface area contributed by atoms with Crippen LogP contribution in [-0.2, 0) is 0 Å². The molecule has 0 unspecified atom stereocenters. The number of nitrogens with zero attached hydrogens (tertiary/aromatic N) is 1. The van der Waals surface area contributed by atoms with Crippen LogP contribution in [-0.4, -0.2) is 36.0 Å². The molecule has 1 N–H and O–H groups in total. The highest BCUT2D eigenvalue weighted by Gasteiger charge is 2.31. The Hall–Kier alpha value is -1.49. The summed E-state index contributed by atoms with van der Waals surface area (Å²) in [5.41, 5.74) is 0.219. The summed E-state index contributed by atoms with van der Waals surface area (Å²) < 4.78 is 26.1. The van der Waals surface area contributed by atoms with Gasteiger partial charge in [0.15, 0.2) is 11.6 Å². The standard InChI is InChI=1S/C14H16F2N2O/c15-12-4-1-9(7-13(12)16)14(19)18-6-5-10-2-3-11(8-18)17-10/h1,4,7,10-11,17H,2-3,5-6,8H2/t10-,11-/m1/s1. The molecule has 0 aromatic heterocycles. The van der Waals surface area contributed by atoms with Crippen LogP contribution in [0.4, 0.5) is 8.78 Å². The molecule has 2 atom stereocenters. The van der Waals surface area contributed by atoms with Crippen LogP contribution in [0.3, 0.4) is 0 Å². The van der Waals surface area contributed by atoms with Crippen LogP contribution in [0.5, 0.6) is 0 Å². The average Bonchev–Trinajstić information content (AvgIpc) is 2.72. The van der Waals surface area contributed by atoms with E-state index in [9.17, 15) is 13.6 Å². The highest BCUT2D eigenvalue weighted by molar-refractivity contribution is 5.94. The minimum Gasteiger partial charge on any atom is -0.337 e. The first kappa shape index (κ1) is 12.5. The Kier molecular flexibility index (Phi) is 3.22. The number of hydrogen-bond acceptors (Lipinski definition) is 2. The summed E-state index contributed by atoms with van der Waals surface area (Å²) >= 11 is 0. The fraction of sp³-hybridized carbons (Fsp3) is 0.500. The molecule has 19 heavy (non-hydrogen) atoms. The Morgan fingerprint density at radius 3 is 2.74 bits per heavy atom. The van der Waals surface area contributed by atoms with E-state index in [-0.39, 0.29) is 11.5 Å². The maximum Gasteiger partial charge on any atom is 0.254 e. The zero-order chi connectivity index (χ0) is 13.4. The summed E-state index contributed by atoms with van der Waals surface area (Å²) in [7, 11) is 0. The van der Waals surface area contributed by atoms with Crippen molar-refractivity contribution in [3.63, 3.8) is 0 Å². The molecule has 0 saturated carbocycles. The molecule has 0 aliphatic carbocycles. The highest BCUT2D eigenvalue weighted by Crippen LogP contribution is 2.22. The molecule has 0 spiro atoms. The molecular formula is C14H16F2N2O. The Balaban J connectivity index is 1.77. The SMILES string of the molecule is O=C(c1ccc(F)c(F)c1)N1CC[C@H]2CC[C@H](C1)N2. The Bertz CT molecular complexity index is 506. The number of rotatable bonds is 1. The van der Waals surface area contributed by atoms with Gasteiger partial charge in [-0.3, -0.25) is 4.79 Å². The van der Waals surface area contributed by atoms with Crippen molar-refractivity contribution in [3.8, 4) is 0 Å². The van der Waals surface area contributed by atoms with Crippen LogP contribution < -0.4 is 5.32 Å². The quantitative estimate of drug-likeness (QED) is 0.842. The van der Waals surface area contributed by atoms with Crippen molar-refractivity contribution in [2.24, 2.45) is 0 Å². The third kappa shape index (κ3) is 2.47. The molecule has 1 aromatic rings. The molecule has 2 aliphatic heterocycles. The molecular weight excluding hydrogens is 250 g/mol. The van der Waals surface area contributed by atoms with Gasteiger partial charge in [0.05, 0.1) is 0 Å². The van der Waals surface area contributed by atoms with Crippen molar-refractivity contribution in [2.45, 2.75) is 31.3 Å². The first-order chi connectivity index (χ1) is 9.13. The lowest BCUT2D eigenvalue weighted by atomic mass is 10.1. The molecule has 1 amide bonds. The van der Waals surface area contributed by atoms with Gasteiger partial charge in [-0.15, -0.1) is 0 Å². The van der Waals surface area contributed by atoms with Crippen LogP contribution in [0, 0.1) is 11.6 Å². The maximum atomic E-state index is 13.2. The van der Waals surface area contributed by atoms with Gasteiger partial charge in [0.25, 0.3) is 5.91 Å². The van der Waals surface area contributed by atoms with E-state index in [0.29, 0.717) is 25.2 Å². The van der Waals surface area contributed by atoms with E-state index in [1.807, 2.05) is 0 Å². The second-order valence-electron chi connectivity index (χ2n) is 5.31. The molecule has 5 heteroatoms. The van der Waals surface area contributed by atoms with E-state index in [1.54, 1.807) is 4.90 Å². The molecule has 2 heterocycles. The molecule has 2 aliphatic rings. The fourth-order valence-electron chi connectivity index (χ4n) is 2.94. The summed E-state index contributed by atoms with van der Waals surface area (Å²) in [5.74, 6) is -2.11. The predicted octanol–water partition coefficient (Wildman–Crippen LogP) is 1.93. The van der Waals surface area contributed by atoms with E-state index in [1.165, 1.54) is 6.07 Å². The molecule has 3 rings (SSSR count). The van der Waals surface area contributed by atoms with Gasteiger partial charge >= 0.3 is 0 Å². The van der Waals surface area contributed by atoms with Crippen LogP contribution in [0.2, 0.25) is 0 Å². The van der Waals surface area contributed by atoms with Gasteiger partial charge < -0.3 is 10.2 Å². The van der Waals surface area contributed by atoms with Crippen molar-refractivity contribution < 1.29 is 13.6 Å². The van der Waals surface area contributed by atoms with Gasteiger partial charge in [0.2, 0.25) is 0 Å². The predicted molar refractivity (Wildman–Crippen MR) is 66.8 cm³/mol. The number of nitrogens with one attached hydrogen (secondary N) is 1. The molecule has 2 saturated heterocycles. The Morgan fingerprint density at radius 1 is 1.16 bits per heavy atom. The minimum absolute atomic E-state index is 0.215. The van der Waals surface area contributed by atoms with Crippen molar-refractivity contribution in [1.29, 1.82) is 0 Å². The lowest BCUT2D eigenvalue weighted by molar-refractivity contribution is 0.0747. The minimum atomic E-state index is -0.972. The fourth-order valence-corrected chi connectivity index (χ4v) is 2.94. The monoisotopic (exact) mass is 266 g/mol. The molecule has 0 radical (unpaired) electrons. The Labute approximate surface area is 110 Å². The second-order valence-corrected chi connectivity index (χ2v) is 5.31. The number of carbonyl (C=O) groups is 1. The van der Waals surface area contributed by atoms with Crippen molar-refractivity contribution in [2.75, 3.05) is 13.1 Å². The van der Waals surface area contributed by atoms with Gasteiger partial charge in [0.1, 0.15) is 0 Å². The molecule has 2 bridgehead atoms. The largest absolute Gasteiger partial charge is 0.337 e. The number of halogens is 2. The lowest BCUT2D eigenvalue weighted by Gasteiger charge is -2.24. The van der Waals surface area contributed by atoms with E-state index in [4.69, 9.17) is 0 Å². The second kappa shape index (κ2) is 4.89. The van der Waals surface area contributed by atoms with E-state index >= 15 is 0 Å². The topological polar surface area (TPSA) is 32.3 Å². The number of amides is 1. The number of hydrogen-bond donors (Lipinski definition) is 1. The van der Waals surface area contributed by atoms with Crippen molar-refractivity contribution in [3.05, 3.63) is 35.4 Å². The molecule has 2 fully saturated rings. The maximum absolute atomic E-state index is 13.2. The zero-order valence-corrected chi connectivity index (χ0v) is 10.5. The van der Waals surface area contributed by atoms with Crippen molar-refractivity contribution >= 4 is 5.91 Å². The van der Waals surface area contributed by atoms with Gasteiger partial charge in [-0.25, -0.2) is 8.78 Å². The number of benzene rings is 1. The summed E-state index contributed by atoms with van der Waals surface area (Å²) in [6, 6.07) is 4.16. The number of carbonyl (C=O) groups excluding carboxylic acids is 1. The van der Waals surface area contributed by atoms with Crippen LogP contribution >= 0.6 is 0 Å². The van der Waals surface area contributed by atoms with Crippen molar-refractivity contribution in [1.82, 2.24) is 10.2 Å². The highest BCUT2D eigenvalue weighted by atomic mass is 19.2. The Morgan fingerprint density at radius 2 is 1.95 bits per heavy atom. The van der Waals surface area contributed by atoms with Gasteiger partial charge in [0, 0.05) is 30.7 Å². The van der Waals surface area contributed by atoms with Crippen LogP contribution in [0.1, 0.15) is 29.6 Å². The summed E-state index contributed by atoms with van der Waals surface area (Å²) in [4.78, 5) is 14.0. The summed E-state index contributed by atoms with van der Waals surface area (Å²) in [6.07, 6.45) is 3.16. The van der Waals surface area contributed by atoms with Gasteiger partial charge in [-0.2, -0.15) is 0 Å². The average molecular weight is 266 g/mol. The van der Waals surface area contributed by atoms with Crippen LogP contribution in [0.15, 0.2) is 18.2 Å². The van der Waals surface area contributed by atoms with E-state index < -0.39 is 11.6 Å². The summed E-state index contributed by atoms with van der Waals surface area (Å²) in [6.45, 7) is 1.32.